The molecule has 0 saturated carbocycles. The number of rotatable bonds is 6. The van der Waals surface area contributed by atoms with Crippen LogP contribution in [0, 0.1) is 6.92 Å². The van der Waals surface area contributed by atoms with Crippen molar-refractivity contribution in [1.82, 2.24) is 15.5 Å². The van der Waals surface area contributed by atoms with Crippen molar-refractivity contribution >= 4 is 23.0 Å². The third-order valence-electron chi connectivity index (χ3n) is 4.08. The van der Waals surface area contributed by atoms with Gasteiger partial charge in [0.25, 0.3) is 11.6 Å². The molecule has 0 spiro atoms. The molecule has 1 unspecified atom stereocenters. The summed E-state index contributed by atoms with van der Waals surface area (Å²) in [5.41, 5.74) is 0.536. The van der Waals surface area contributed by atoms with Crippen LogP contribution in [0.5, 0.6) is 0 Å². The lowest BCUT2D eigenvalue weighted by Crippen LogP contribution is -2.52. The van der Waals surface area contributed by atoms with Gasteiger partial charge in [0.05, 0.1) is 16.6 Å². The third-order valence-corrected chi connectivity index (χ3v) is 4.08. The van der Waals surface area contributed by atoms with E-state index in [2.05, 4.69) is 15.5 Å². The number of aromatic nitrogens is 2. The maximum absolute atomic E-state index is 12.8. The van der Waals surface area contributed by atoms with Crippen LogP contribution in [0.2, 0.25) is 0 Å². The van der Waals surface area contributed by atoms with E-state index in [9.17, 15) is 14.7 Å². The first-order valence-corrected chi connectivity index (χ1v) is 8.02. The maximum atomic E-state index is 12.8. The number of aryl methyl sites for hydroxylation is 1. The summed E-state index contributed by atoms with van der Waals surface area (Å²) in [6.07, 6.45) is 0.973. The number of carboxylic acid groups (broad SMARTS) is 1. The average molecular weight is 333 g/mol. The van der Waals surface area contributed by atoms with Crippen molar-refractivity contribution in [3.63, 3.8) is 0 Å². The topological polar surface area (TPSA) is 105 Å². The number of carbonyl (C=O) groups is 2. The largest absolute Gasteiger partial charge is 0.480 e. The van der Waals surface area contributed by atoms with Crippen molar-refractivity contribution in [2.24, 2.45) is 0 Å². The highest BCUT2D eigenvalue weighted by Crippen LogP contribution is 2.26. The molecule has 7 heteroatoms. The lowest BCUT2D eigenvalue weighted by molar-refractivity contribution is -0.144. The number of fused-ring (bicyclic) bond motifs is 1. The number of pyridine rings is 1. The van der Waals surface area contributed by atoms with E-state index in [1.807, 2.05) is 20.8 Å². The zero-order valence-electron chi connectivity index (χ0n) is 14.6. The minimum Gasteiger partial charge on any atom is -0.480 e. The molecular formula is C17H23N3O4. The second kappa shape index (κ2) is 6.59. The zero-order chi connectivity index (χ0) is 18.1. The normalized spacial score (nSPS) is 13.9. The van der Waals surface area contributed by atoms with Crippen molar-refractivity contribution in [2.45, 2.75) is 58.9 Å². The summed E-state index contributed by atoms with van der Waals surface area (Å²) in [5, 5.41) is 16.5. The molecule has 0 aliphatic rings. The smallest absolute Gasteiger partial charge is 0.329 e. The van der Waals surface area contributed by atoms with E-state index in [4.69, 9.17) is 4.52 Å². The van der Waals surface area contributed by atoms with Gasteiger partial charge in [0.2, 0.25) is 0 Å². The molecule has 2 rings (SSSR count). The predicted octanol–water partition coefficient (Wildman–Crippen LogP) is 3.03. The van der Waals surface area contributed by atoms with Crippen LogP contribution in [0.3, 0.4) is 0 Å². The Morgan fingerprint density at radius 3 is 2.62 bits per heavy atom. The molecule has 2 aromatic rings. The number of hydrogen-bond acceptors (Lipinski definition) is 5. The fourth-order valence-electron chi connectivity index (χ4n) is 2.63. The monoisotopic (exact) mass is 333 g/mol. The Morgan fingerprint density at radius 1 is 1.42 bits per heavy atom. The maximum Gasteiger partial charge on any atom is 0.329 e. The quantitative estimate of drug-likeness (QED) is 0.842. The average Bonchev–Trinajstić information content (AvgIpc) is 2.87. The molecule has 1 amide bonds. The van der Waals surface area contributed by atoms with Gasteiger partial charge in [-0.25, -0.2) is 9.78 Å². The molecule has 2 aromatic heterocycles. The number of carboxylic acids is 1. The van der Waals surface area contributed by atoms with Gasteiger partial charge in [0, 0.05) is 5.69 Å². The number of nitrogens with zero attached hydrogens (tertiary/aromatic N) is 2. The first kappa shape index (κ1) is 17.9. The Bertz CT molecular complexity index is 781. The van der Waals surface area contributed by atoms with Crippen LogP contribution in [0.25, 0.3) is 11.1 Å². The summed E-state index contributed by atoms with van der Waals surface area (Å²) in [6.45, 7) is 9.02. The number of aliphatic carboxylic acids is 1. The molecule has 130 valence electrons. The number of amides is 1. The Kier molecular flexibility index (Phi) is 4.91. The van der Waals surface area contributed by atoms with Gasteiger partial charge in [-0.15, -0.1) is 0 Å². The van der Waals surface area contributed by atoms with Crippen molar-refractivity contribution in [1.29, 1.82) is 0 Å². The summed E-state index contributed by atoms with van der Waals surface area (Å²) in [7, 11) is 0. The molecule has 0 aliphatic carbocycles. The van der Waals surface area contributed by atoms with Crippen molar-refractivity contribution in [3.05, 3.63) is 23.0 Å². The highest BCUT2D eigenvalue weighted by Gasteiger charge is 2.35. The van der Waals surface area contributed by atoms with Crippen LogP contribution >= 0.6 is 0 Å². The Morgan fingerprint density at radius 2 is 2.08 bits per heavy atom. The highest BCUT2D eigenvalue weighted by atomic mass is 16.5. The Balaban J connectivity index is 2.52. The minimum atomic E-state index is -1.33. The second-order valence-corrected chi connectivity index (χ2v) is 6.54. The van der Waals surface area contributed by atoms with Gasteiger partial charge in [-0.1, -0.05) is 32.3 Å². The van der Waals surface area contributed by atoms with E-state index < -0.39 is 17.4 Å². The van der Waals surface area contributed by atoms with E-state index in [-0.39, 0.29) is 11.6 Å². The van der Waals surface area contributed by atoms with Gasteiger partial charge < -0.3 is 14.9 Å². The molecular weight excluding hydrogens is 310 g/mol. The van der Waals surface area contributed by atoms with Gasteiger partial charge in [-0.05, 0) is 32.3 Å². The van der Waals surface area contributed by atoms with Crippen LogP contribution in [0.15, 0.2) is 10.6 Å². The Hall–Kier alpha value is -2.44. The van der Waals surface area contributed by atoms with E-state index in [1.165, 1.54) is 6.92 Å². The molecule has 2 heterocycles. The molecule has 0 aliphatic heterocycles. The fraction of sp³-hybridized carbons (Fsp3) is 0.529. The molecule has 0 bridgehead atoms. The molecule has 1 atom stereocenters. The van der Waals surface area contributed by atoms with Crippen LogP contribution in [0.4, 0.5) is 0 Å². The number of hydrogen-bond donors (Lipinski definition) is 2. The van der Waals surface area contributed by atoms with Crippen LogP contribution in [0.1, 0.15) is 68.2 Å². The van der Waals surface area contributed by atoms with Gasteiger partial charge in [0.1, 0.15) is 5.54 Å². The van der Waals surface area contributed by atoms with Crippen molar-refractivity contribution in [3.8, 4) is 0 Å². The van der Waals surface area contributed by atoms with Crippen molar-refractivity contribution in [2.75, 3.05) is 0 Å². The molecule has 2 N–H and O–H groups in total. The molecule has 0 aromatic carbocycles. The molecule has 7 nitrogen and oxygen atoms in total. The van der Waals surface area contributed by atoms with Crippen molar-refractivity contribution < 1.29 is 19.2 Å². The summed E-state index contributed by atoms with van der Waals surface area (Å²) < 4.78 is 5.20. The highest BCUT2D eigenvalue weighted by molar-refractivity contribution is 6.07. The van der Waals surface area contributed by atoms with Gasteiger partial charge in [-0.3, -0.25) is 4.79 Å². The summed E-state index contributed by atoms with van der Waals surface area (Å²) in [6, 6.07) is 1.68. The van der Waals surface area contributed by atoms with E-state index in [0.29, 0.717) is 35.2 Å². The lowest BCUT2D eigenvalue weighted by atomic mass is 9.95. The van der Waals surface area contributed by atoms with Crippen LogP contribution in [-0.4, -0.2) is 32.7 Å². The second-order valence-electron chi connectivity index (χ2n) is 6.54. The fourth-order valence-corrected chi connectivity index (χ4v) is 2.63. The van der Waals surface area contributed by atoms with Gasteiger partial charge >= 0.3 is 5.97 Å². The summed E-state index contributed by atoms with van der Waals surface area (Å²) in [4.78, 5) is 28.8. The zero-order valence-corrected chi connectivity index (χ0v) is 14.6. The molecule has 24 heavy (non-hydrogen) atoms. The minimum absolute atomic E-state index is 0.0906. The lowest BCUT2D eigenvalue weighted by Gasteiger charge is -2.26. The standard InChI is InChI=1S/C17H23N3O4/c1-6-7-17(5,16(22)23)19-14(21)11-8-12(9(2)3)18-15-13(11)10(4)20-24-15/h8-9H,6-7H2,1-5H3,(H,19,21)(H,22,23). The number of carbonyl (C=O) groups excluding carboxylic acids is 1. The third kappa shape index (κ3) is 3.25. The molecule has 0 saturated heterocycles. The first-order chi connectivity index (χ1) is 11.2. The Labute approximate surface area is 140 Å². The van der Waals surface area contributed by atoms with Crippen LogP contribution in [-0.2, 0) is 4.79 Å². The van der Waals surface area contributed by atoms with Gasteiger partial charge in [0.15, 0.2) is 0 Å². The molecule has 0 radical (unpaired) electrons. The predicted molar refractivity (Wildman–Crippen MR) is 89.0 cm³/mol. The van der Waals surface area contributed by atoms with E-state index in [1.54, 1.807) is 13.0 Å². The summed E-state index contributed by atoms with van der Waals surface area (Å²) in [5.74, 6) is -1.43. The van der Waals surface area contributed by atoms with E-state index in [0.717, 1.165) is 0 Å². The van der Waals surface area contributed by atoms with Crippen LogP contribution < -0.4 is 5.32 Å². The summed E-state index contributed by atoms with van der Waals surface area (Å²) >= 11 is 0. The molecule has 0 fully saturated rings. The SMILES string of the molecule is CCCC(C)(NC(=O)c1cc(C(C)C)nc2onc(C)c12)C(=O)O. The van der Waals surface area contributed by atoms with Gasteiger partial charge in [-0.2, -0.15) is 0 Å². The van der Waals surface area contributed by atoms with E-state index >= 15 is 0 Å². The number of nitrogens with one attached hydrogen (secondary N) is 1. The first-order valence-electron chi connectivity index (χ1n) is 8.02.